The highest BCUT2D eigenvalue weighted by atomic mass is 35.5. The molecule has 1 atom stereocenters. The summed E-state index contributed by atoms with van der Waals surface area (Å²) >= 11 is 6.56. The zero-order chi connectivity index (χ0) is 17.8. The molecule has 25 heavy (non-hydrogen) atoms. The lowest BCUT2D eigenvalue weighted by Gasteiger charge is -2.34. The number of benzene rings is 1. The second-order valence-corrected chi connectivity index (χ2v) is 7.90. The molecular formula is C20H29ClN4. The maximum absolute atomic E-state index is 6.56. The van der Waals surface area contributed by atoms with Crippen molar-refractivity contribution in [2.45, 2.75) is 57.4 Å². The second kappa shape index (κ2) is 8.33. The lowest BCUT2D eigenvalue weighted by Crippen LogP contribution is -2.36. The van der Waals surface area contributed by atoms with Gasteiger partial charge < -0.3 is 9.47 Å². The van der Waals surface area contributed by atoms with E-state index in [9.17, 15) is 0 Å². The summed E-state index contributed by atoms with van der Waals surface area (Å²) in [7, 11) is 0. The number of hydrogen-bond donors (Lipinski definition) is 0. The fourth-order valence-corrected chi connectivity index (χ4v) is 4.00. The minimum atomic E-state index is 0.103. The third-order valence-electron chi connectivity index (χ3n) is 5.19. The first-order chi connectivity index (χ1) is 12.1. The lowest BCUT2D eigenvalue weighted by atomic mass is 10.0. The number of hydrogen-bond acceptors (Lipinski definition) is 3. The fraction of sp³-hybridized carbons (Fsp3) is 0.600. The lowest BCUT2D eigenvalue weighted by molar-refractivity contribution is 0.181. The SMILES string of the molecule is Cc1nnc(C(C)C)n1C1CCN(CCC(Cl)c2ccccc2)CC1. The molecule has 1 unspecified atom stereocenters. The van der Waals surface area contributed by atoms with Gasteiger partial charge in [0.05, 0.1) is 5.38 Å². The molecular weight excluding hydrogens is 332 g/mol. The van der Waals surface area contributed by atoms with Gasteiger partial charge in [-0.05, 0) is 38.3 Å². The molecule has 0 amide bonds. The predicted octanol–water partition coefficient (Wildman–Crippen LogP) is 4.72. The highest BCUT2D eigenvalue weighted by molar-refractivity contribution is 6.20. The number of aryl methyl sites for hydroxylation is 1. The zero-order valence-corrected chi connectivity index (χ0v) is 16.3. The average molecular weight is 361 g/mol. The van der Waals surface area contributed by atoms with Crippen LogP contribution < -0.4 is 0 Å². The van der Waals surface area contributed by atoms with Gasteiger partial charge in [0.25, 0.3) is 0 Å². The maximum atomic E-state index is 6.56. The van der Waals surface area contributed by atoms with Crippen molar-refractivity contribution in [2.75, 3.05) is 19.6 Å². The standard InChI is InChI=1S/C20H29ClN4/c1-15(2)20-23-22-16(3)25(20)18-9-12-24(13-10-18)14-11-19(21)17-7-5-4-6-8-17/h4-8,15,18-19H,9-14H2,1-3H3. The minimum Gasteiger partial charge on any atom is -0.312 e. The molecule has 0 N–H and O–H groups in total. The summed E-state index contributed by atoms with van der Waals surface area (Å²) in [6.07, 6.45) is 3.33. The molecule has 5 heteroatoms. The number of alkyl halides is 1. The molecule has 1 saturated heterocycles. The van der Waals surface area contributed by atoms with Crippen LogP contribution in [0.15, 0.2) is 30.3 Å². The fourth-order valence-electron chi connectivity index (χ4n) is 3.76. The molecule has 0 spiro atoms. The molecule has 1 aromatic heterocycles. The first-order valence-corrected chi connectivity index (χ1v) is 9.82. The summed E-state index contributed by atoms with van der Waals surface area (Å²) in [5, 5.41) is 8.79. The van der Waals surface area contributed by atoms with Gasteiger partial charge in [-0.15, -0.1) is 21.8 Å². The Balaban J connectivity index is 1.52. The predicted molar refractivity (Wildman–Crippen MR) is 103 cm³/mol. The number of nitrogens with zero attached hydrogens (tertiary/aromatic N) is 4. The van der Waals surface area contributed by atoms with E-state index in [-0.39, 0.29) is 5.38 Å². The second-order valence-electron chi connectivity index (χ2n) is 7.37. The van der Waals surface area contributed by atoms with Crippen molar-refractivity contribution in [3.8, 4) is 0 Å². The van der Waals surface area contributed by atoms with E-state index in [0.717, 1.165) is 50.5 Å². The van der Waals surface area contributed by atoms with Crippen LogP contribution in [-0.4, -0.2) is 39.3 Å². The molecule has 1 fully saturated rings. The van der Waals surface area contributed by atoms with E-state index in [1.54, 1.807) is 0 Å². The van der Waals surface area contributed by atoms with Gasteiger partial charge in [0, 0.05) is 25.0 Å². The van der Waals surface area contributed by atoms with Crippen molar-refractivity contribution in [2.24, 2.45) is 0 Å². The van der Waals surface area contributed by atoms with Crippen molar-refractivity contribution >= 4 is 11.6 Å². The summed E-state index contributed by atoms with van der Waals surface area (Å²) < 4.78 is 2.37. The molecule has 0 aliphatic carbocycles. The summed E-state index contributed by atoms with van der Waals surface area (Å²) in [4.78, 5) is 2.55. The van der Waals surface area contributed by atoms with Crippen LogP contribution in [0.2, 0.25) is 0 Å². The molecule has 1 aromatic carbocycles. The smallest absolute Gasteiger partial charge is 0.135 e. The van der Waals surface area contributed by atoms with E-state index in [1.165, 1.54) is 5.56 Å². The molecule has 136 valence electrons. The van der Waals surface area contributed by atoms with Gasteiger partial charge in [0.2, 0.25) is 0 Å². The van der Waals surface area contributed by atoms with E-state index in [0.29, 0.717) is 12.0 Å². The number of aromatic nitrogens is 3. The van der Waals surface area contributed by atoms with Crippen molar-refractivity contribution in [1.29, 1.82) is 0 Å². The van der Waals surface area contributed by atoms with Crippen LogP contribution in [0.25, 0.3) is 0 Å². The van der Waals surface area contributed by atoms with Crippen LogP contribution in [-0.2, 0) is 0 Å². The number of halogens is 1. The summed E-state index contributed by atoms with van der Waals surface area (Å²) in [5.74, 6) is 2.59. The normalized spacial score (nSPS) is 18.0. The Morgan fingerprint density at radius 3 is 2.44 bits per heavy atom. The Labute approximate surface area is 156 Å². The van der Waals surface area contributed by atoms with Crippen LogP contribution in [0.4, 0.5) is 0 Å². The van der Waals surface area contributed by atoms with Crippen LogP contribution in [0, 0.1) is 6.92 Å². The molecule has 3 rings (SSSR count). The van der Waals surface area contributed by atoms with Gasteiger partial charge in [-0.3, -0.25) is 0 Å². The first kappa shape index (κ1) is 18.4. The van der Waals surface area contributed by atoms with E-state index in [4.69, 9.17) is 11.6 Å². The van der Waals surface area contributed by atoms with Crippen molar-refractivity contribution in [3.05, 3.63) is 47.5 Å². The van der Waals surface area contributed by atoms with Crippen molar-refractivity contribution in [3.63, 3.8) is 0 Å². The van der Waals surface area contributed by atoms with Gasteiger partial charge in [-0.1, -0.05) is 44.2 Å². The number of rotatable bonds is 6. The Bertz CT molecular complexity index is 660. The Morgan fingerprint density at radius 1 is 1.12 bits per heavy atom. The average Bonchev–Trinajstić information content (AvgIpc) is 3.03. The highest BCUT2D eigenvalue weighted by Crippen LogP contribution is 2.29. The van der Waals surface area contributed by atoms with Gasteiger partial charge >= 0.3 is 0 Å². The van der Waals surface area contributed by atoms with Crippen LogP contribution in [0.5, 0.6) is 0 Å². The molecule has 2 heterocycles. The van der Waals surface area contributed by atoms with Crippen molar-refractivity contribution in [1.82, 2.24) is 19.7 Å². The molecule has 1 aliphatic rings. The molecule has 1 aliphatic heterocycles. The van der Waals surface area contributed by atoms with Gasteiger partial charge in [-0.2, -0.15) is 0 Å². The van der Waals surface area contributed by atoms with Crippen molar-refractivity contribution < 1.29 is 0 Å². The van der Waals surface area contributed by atoms with E-state index in [1.807, 2.05) is 6.07 Å². The maximum Gasteiger partial charge on any atom is 0.135 e. The molecule has 0 radical (unpaired) electrons. The highest BCUT2D eigenvalue weighted by Gasteiger charge is 2.25. The Morgan fingerprint density at radius 2 is 1.80 bits per heavy atom. The third kappa shape index (κ3) is 4.42. The number of piperidine rings is 1. The Kier molecular flexibility index (Phi) is 6.13. The summed E-state index contributed by atoms with van der Waals surface area (Å²) in [6.45, 7) is 9.77. The zero-order valence-electron chi connectivity index (χ0n) is 15.5. The molecule has 2 aromatic rings. The summed E-state index contributed by atoms with van der Waals surface area (Å²) in [5.41, 5.74) is 1.22. The van der Waals surface area contributed by atoms with Crippen LogP contribution in [0.1, 0.15) is 67.7 Å². The van der Waals surface area contributed by atoms with Gasteiger partial charge in [-0.25, -0.2) is 0 Å². The minimum absolute atomic E-state index is 0.103. The van der Waals surface area contributed by atoms with Crippen LogP contribution >= 0.6 is 11.6 Å². The van der Waals surface area contributed by atoms with Gasteiger partial charge in [0.15, 0.2) is 0 Å². The quantitative estimate of drug-likeness (QED) is 0.699. The third-order valence-corrected chi connectivity index (χ3v) is 5.66. The topological polar surface area (TPSA) is 34.0 Å². The molecule has 0 saturated carbocycles. The Hall–Kier alpha value is -1.39. The van der Waals surface area contributed by atoms with Gasteiger partial charge in [0.1, 0.15) is 11.6 Å². The summed E-state index contributed by atoms with van der Waals surface area (Å²) in [6, 6.07) is 10.9. The molecule has 0 bridgehead atoms. The van der Waals surface area contributed by atoms with Crippen LogP contribution in [0.3, 0.4) is 0 Å². The van der Waals surface area contributed by atoms with E-state index < -0.39 is 0 Å². The van der Waals surface area contributed by atoms with E-state index in [2.05, 4.69) is 64.7 Å². The van der Waals surface area contributed by atoms with E-state index >= 15 is 0 Å². The monoisotopic (exact) mass is 360 g/mol. The molecule has 4 nitrogen and oxygen atoms in total. The largest absolute Gasteiger partial charge is 0.312 e. The number of likely N-dealkylation sites (tertiary alicyclic amines) is 1. The first-order valence-electron chi connectivity index (χ1n) is 9.39.